The molecule has 0 radical (unpaired) electrons. The first-order valence-corrected chi connectivity index (χ1v) is 7.89. The van der Waals surface area contributed by atoms with Gasteiger partial charge in [-0.3, -0.25) is 0 Å². The van der Waals surface area contributed by atoms with Crippen LogP contribution in [0.5, 0.6) is 0 Å². The zero-order valence-corrected chi connectivity index (χ0v) is 12.6. The van der Waals surface area contributed by atoms with Gasteiger partial charge in [0.1, 0.15) is 0 Å². The van der Waals surface area contributed by atoms with Gasteiger partial charge in [0.15, 0.2) is 0 Å². The normalized spacial score (nSPS) is 10.3. The van der Waals surface area contributed by atoms with E-state index in [0.29, 0.717) is 0 Å². The van der Waals surface area contributed by atoms with E-state index in [-0.39, 0.29) is 16.7 Å². The molecule has 0 spiro atoms. The molecular formula is C12H15O6Ti. The molecular weight excluding hydrogens is 288 g/mol. The third-order valence-corrected chi connectivity index (χ3v) is 4.77. The summed E-state index contributed by atoms with van der Waals surface area (Å²) in [6.45, 7) is 13.7. The zero-order chi connectivity index (χ0) is 15.4. The van der Waals surface area contributed by atoms with E-state index in [0.717, 1.165) is 0 Å². The fraction of sp³-hybridized carbons (Fsp3) is 0.250. The molecule has 103 valence electrons. The molecule has 0 saturated heterocycles. The Hall–Kier alpha value is -1.66. The van der Waals surface area contributed by atoms with Gasteiger partial charge in [-0.1, -0.05) is 0 Å². The van der Waals surface area contributed by atoms with Crippen molar-refractivity contribution in [3.05, 3.63) is 36.5 Å². The van der Waals surface area contributed by atoms with Crippen LogP contribution in [0.2, 0.25) is 0 Å². The van der Waals surface area contributed by atoms with Crippen LogP contribution in [0.1, 0.15) is 20.8 Å². The van der Waals surface area contributed by atoms with Gasteiger partial charge in [-0.25, -0.2) is 0 Å². The van der Waals surface area contributed by atoms with Crippen molar-refractivity contribution in [3.8, 4) is 0 Å². The molecule has 0 aromatic rings. The van der Waals surface area contributed by atoms with Crippen molar-refractivity contribution >= 4 is 16.0 Å². The van der Waals surface area contributed by atoms with Crippen molar-refractivity contribution in [2.24, 2.45) is 0 Å². The van der Waals surface area contributed by atoms with E-state index in [2.05, 4.69) is 26.4 Å². The van der Waals surface area contributed by atoms with E-state index in [4.69, 9.17) is 0 Å². The molecule has 0 atom stereocenters. The molecule has 0 heterocycles. The van der Waals surface area contributed by atoms with Crippen molar-refractivity contribution in [2.45, 2.75) is 20.8 Å². The summed E-state index contributed by atoms with van der Waals surface area (Å²) in [6.07, 6.45) is 0. The van der Waals surface area contributed by atoms with E-state index >= 15 is 0 Å². The Balaban J connectivity index is 5.43. The molecule has 0 aliphatic carbocycles. The molecule has 0 rings (SSSR count). The molecule has 0 aromatic carbocycles. The molecule has 0 aliphatic rings. The first kappa shape index (κ1) is 17.3. The summed E-state index contributed by atoms with van der Waals surface area (Å²) in [5, 5.41) is 0. The molecule has 0 aliphatic heterocycles. The van der Waals surface area contributed by atoms with Gasteiger partial charge in [-0.15, -0.1) is 0 Å². The average Bonchev–Trinajstić information content (AvgIpc) is 2.26. The van der Waals surface area contributed by atoms with Crippen LogP contribution in [-0.2, 0) is 41.7 Å². The first-order chi connectivity index (χ1) is 8.51. The van der Waals surface area contributed by atoms with Crippen LogP contribution in [0.15, 0.2) is 36.5 Å². The molecule has 0 fully saturated rings. The summed E-state index contributed by atoms with van der Waals surface area (Å²) in [7, 11) is 0. The van der Waals surface area contributed by atoms with Crippen LogP contribution in [-0.4, -0.2) is 16.0 Å². The SMILES string of the molecule is C=C(C)C(=O)[O][Ti](=[O])([O]C(=O)C(=C)C)[C](=O)C(=C)C. The number of carbonyl (C=O) groups is 3. The average molecular weight is 303 g/mol. The molecule has 0 amide bonds. The third-order valence-electron chi connectivity index (χ3n) is 1.82. The number of hydrogen-bond acceptors (Lipinski definition) is 6. The fourth-order valence-electron chi connectivity index (χ4n) is 0.793. The van der Waals surface area contributed by atoms with Gasteiger partial charge in [0.05, 0.1) is 0 Å². The van der Waals surface area contributed by atoms with Gasteiger partial charge in [-0.05, 0) is 0 Å². The van der Waals surface area contributed by atoms with Crippen molar-refractivity contribution in [2.75, 3.05) is 0 Å². The van der Waals surface area contributed by atoms with Crippen LogP contribution < -0.4 is 0 Å². The Morgan fingerprint density at radius 3 is 1.32 bits per heavy atom. The van der Waals surface area contributed by atoms with Crippen molar-refractivity contribution in [1.82, 2.24) is 0 Å². The van der Waals surface area contributed by atoms with Gasteiger partial charge >= 0.3 is 115 Å². The molecule has 0 unspecified atom stereocenters. The van der Waals surface area contributed by atoms with Gasteiger partial charge in [0.2, 0.25) is 0 Å². The topological polar surface area (TPSA) is 86.7 Å². The van der Waals surface area contributed by atoms with E-state index in [1.54, 1.807) is 0 Å². The third kappa shape index (κ3) is 4.85. The Kier molecular flexibility index (Phi) is 5.93. The number of rotatable bonds is 6. The molecule has 6 nitrogen and oxygen atoms in total. The quantitative estimate of drug-likeness (QED) is 0.548. The molecule has 19 heavy (non-hydrogen) atoms. The van der Waals surface area contributed by atoms with Gasteiger partial charge in [0, 0.05) is 0 Å². The zero-order valence-electron chi connectivity index (χ0n) is 11.1. The Labute approximate surface area is 115 Å². The minimum atomic E-state index is -5.56. The van der Waals surface area contributed by atoms with Crippen LogP contribution >= 0.6 is 0 Å². The van der Waals surface area contributed by atoms with Crippen LogP contribution in [0.4, 0.5) is 0 Å². The molecule has 0 saturated carbocycles. The monoisotopic (exact) mass is 303 g/mol. The maximum atomic E-state index is 12.3. The van der Waals surface area contributed by atoms with Crippen molar-refractivity contribution in [3.63, 3.8) is 0 Å². The summed E-state index contributed by atoms with van der Waals surface area (Å²) in [5.74, 6) is -2.14. The summed E-state index contributed by atoms with van der Waals surface area (Å²) in [5.41, 5.74) is -0.294. The predicted octanol–water partition coefficient (Wildman–Crippen LogP) is 1.66. The molecule has 0 bridgehead atoms. The summed E-state index contributed by atoms with van der Waals surface area (Å²) in [4.78, 5) is 34.5. The second-order valence-electron chi connectivity index (χ2n) is 4.01. The van der Waals surface area contributed by atoms with Crippen LogP contribution in [0, 0.1) is 0 Å². The molecule has 0 aromatic heterocycles. The van der Waals surface area contributed by atoms with Crippen LogP contribution in [0.3, 0.4) is 0 Å². The number of hydrogen-bond donors (Lipinski definition) is 0. The second kappa shape index (κ2) is 6.49. The Morgan fingerprint density at radius 1 is 0.789 bits per heavy atom. The Morgan fingerprint density at radius 2 is 1.11 bits per heavy atom. The van der Waals surface area contributed by atoms with Gasteiger partial charge < -0.3 is 0 Å². The van der Waals surface area contributed by atoms with Gasteiger partial charge in [0.25, 0.3) is 0 Å². The minimum absolute atomic E-state index is 0.0771. The standard InChI is InChI=1S/2C4H6O2.C4H5O.O.Ti/c2*1-3(2)4(5)6;1-4(2)3-5;;/h2*1H2,2H3,(H,5,6);1H2,2H3;;/q;;;;+2/p-2. The summed E-state index contributed by atoms with van der Waals surface area (Å²) >= 11 is -5.56. The second-order valence-corrected chi connectivity index (χ2v) is 7.09. The predicted molar refractivity (Wildman–Crippen MR) is 62.3 cm³/mol. The summed E-state index contributed by atoms with van der Waals surface area (Å²) in [6, 6.07) is 0. The van der Waals surface area contributed by atoms with E-state index in [9.17, 15) is 17.7 Å². The van der Waals surface area contributed by atoms with Crippen LogP contribution in [0.25, 0.3) is 0 Å². The Bertz CT molecular complexity index is 496. The summed E-state index contributed by atoms with van der Waals surface area (Å²) < 4.78 is 20.3. The first-order valence-electron chi connectivity index (χ1n) is 5.19. The van der Waals surface area contributed by atoms with Crippen molar-refractivity contribution < 1.29 is 41.7 Å². The molecule has 0 N–H and O–H groups in total. The number of allylic oxidation sites excluding steroid dienone is 1. The fourth-order valence-corrected chi connectivity index (χ4v) is 3.27. The van der Waals surface area contributed by atoms with E-state index in [1.165, 1.54) is 20.8 Å². The maximum absolute atomic E-state index is 12.3. The number of carbonyl (C=O) groups excluding carboxylic acids is 3. The van der Waals surface area contributed by atoms with Crippen molar-refractivity contribution in [1.29, 1.82) is 0 Å². The van der Waals surface area contributed by atoms with E-state index in [1.807, 2.05) is 0 Å². The van der Waals surface area contributed by atoms with E-state index < -0.39 is 33.4 Å². The molecule has 7 heteroatoms. The van der Waals surface area contributed by atoms with Gasteiger partial charge in [-0.2, -0.15) is 0 Å².